The van der Waals surface area contributed by atoms with Crippen molar-refractivity contribution in [3.63, 3.8) is 0 Å². The number of ether oxygens (including phenoxy) is 2. The van der Waals surface area contributed by atoms with Crippen LogP contribution in [0.3, 0.4) is 0 Å². The van der Waals surface area contributed by atoms with Crippen LogP contribution in [0, 0.1) is 26.7 Å². The van der Waals surface area contributed by atoms with E-state index in [9.17, 15) is 13.2 Å². The molecule has 1 aromatic rings. The summed E-state index contributed by atoms with van der Waals surface area (Å²) in [5.74, 6) is 2.26. The number of hydrogen-bond acceptors (Lipinski definition) is 5. The lowest BCUT2D eigenvalue weighted by molar-refractivity contribution is -0.120. The predicted molar refractivity (Wildman–Crippen MR) is 130 cm³/mol. The third-order valence-corrected chi connectivity index (χ3v) is 8.33. The molecule has 1 aromatic carbocycles. The number of rotatable bonds is 7. The Morgan fingerprint density at radius 1 is 1.00 bits per heavy atom. The summed E-state index contributed by atoms with van der Waals surface area (Å²) in [6.45, 7) is 1.49. The first kappa shape index (κ1) is 29.2. The number of carbonyl (C=O) groups excluding carboxylic acids is 1. The van der Waals surface area contributed by atoms with Gasteiger partial charge in [0, 0.05) is 25.7 Å². The van der Waals surface area contributed by atoms with Crippen LogP contribution in [0.4, 0.5) is 0 Å². The minimum Gasteiger partial charge on any atom is -0.497 e. The molecule has 5 radical (unpaired) electrons. The normalized spacial score (nSPS) is 18.7. The Morgan fingerprint density at radius 2 is 1.61 bits per heavy atom. The van der Waals surface area contributed by atoms with Gasteiger partial charge in [-0.3, -0.25) is 4.79 Å². The monoisotopic (exact) mass is 479 g/mol. The van der Waals surface area contributed by atoms with Crippen LogP contribution in [-0.4, -0.2) is 52.5 Å². The molecule has 3 rings (SSSR count). The summed E-state index contributed by atoms with van der Waals surface area (Å²) in [5.41, 5.74) is 0. The van der Waals surface area contributed by atoms with Crippen LogP contribution >= 0.6 is 0 Å². The molecule has 1 aliphatic carbocycles. The van der Waals surface area contributed by atoms with Gasteiger partial charge in [0.1, 0.15) is 16.4 Å². The van der Waals surface area contributed by atoms with E-state index in [-0.39, 0.29) is 31.4 Å². The van der Waals surface area contributed by atoms with Gasteiger partial charge in [-0.25, -0.2) is 8.42 Å². The number of nitrogens with zero attached hydrogens (tertiary/aromatic N) is 1. The number of piperidine rings is 1. The van der Waals surface area contributed by atoms with Crippen molar-refractivity contribution in [2.75, 3.05) is 33.9 Å². The van der Waals surface area contributed by atoms with Crippen molar-refractivity contribution in [2.24, 2.45) is 5.92 Å². The molecule has 1 saturated heterocycles. The van der Waals surface area contributed by atoms with E-state index in [1.165, 1.54) is 43.9 Å². The van der Waals surface area contributed by atoms with E-state index in [1.54, 1.807) is 12.1 Å². The first-order valence-corrected chi connectivity index (χ1v) is 12.7. The molecule has 2 aliphatic rings. The predicted octanol–water partition coefficient (Wildman–Crippen LogP) is 4.19. The Bertz CT molecular complexity index is 827. The molecule has 185 valence electrons. The molecule has 33 heavy (non-hydrogen) atoms. The maximum absolute atomic E-state index is 13.1. The number of carbonyl (C=O) groups is 1. The van der Waals surface area contributed by atoms with E-state index in [1.807, 2.05) is 0 Å². The minimum absolute atomic E-state index is 0. The summed E-state index contributed by atoms with van der Waals surface area (Å²) < 4.78 is 38.2. The molecule has 8 heteroatoms. The molecule has 0 unspecified atom stereocenters. The largest absolute Gasteiger partial charge is 0.497 e. The second-order valence-corrected chi connectivity index (χ2v) is 10.4. The van der Waals surface area contributed by atoms with Gasteiger partial charge in [-0.05, 0) is 43.7 Å². The first-order chi connectivity index (χ1) is 15.0. The lowest BCUT2D eigenvalue weighted by Gasteiger charge is -2.32. The highest BCUT2D eigenvalue weighted by atomic mass is 32.2. The zero-order valence-electron chi connectivity index (χ0n) is 20.1. The number of hydrogen-bond donors (Lipinski definition) is 1. The van der Waals surface area contributed by atoms with Crippen LogP contribution in [0.1, 0.15) is 57.8 Å². The van der Waals surface area contributed by atoms with E-state index in [2.05, 4.69) is 5.32 Å². The lowest BCUT2D eigenvalue weighted by Crippen LogP contribution is -2.42. The van der Waals surface area contributed by atoms with Gasteiger partial charge in [0.25, 0.3) is 0 Å². The van der Waals surface area contributed by atoms with Gasteiger partial charge < -0.3 is 14.8 Å². The topological polar surface area (TPSA) is 84.9 Å². The van der Waals surface area contributed by atoms with Crippen molar-refractivity contribution >= 4 is 15.9 Å². The summed E-state index contributed by atoms with van der Waals surface area (Å²) in [6, 6.07) is 4.75. The van der Waals surface area contributed by atoms with Crippen LogP contribution in [0.5, 0.6) is 11.5 Å². The van der Waals surface area contributed by atoms with E-state index in [0.29, 0.717) is 31.3 Å². The zero-order chi connectivity index (χ0) is 22.3. The van der Waals surface area contributed by atoms with Gasteiger partial charge in [0.2, 0.25) is 15.9 Å². The van der Waals surface area contributed by atoms with E-state index in [0.717, 1.165) is 44.4 Å². The fourth-order valence-corrected chi connectivity index (χ4v) is 6.01. The number of nitrogens with one attached hydrogen (secondary N) is 1. The summed E-state index contributed by atoms with van der Waals surface area (Å²) in [4.78, 5) is 12.7. The van der Waals surface area contributed by atoms with Crippen LogP contribution in [0.2, 0.25) is 0 Å². The molecule has 7 nitrogen and oxygen atoms in total. The molecule has 1 N–H and O–H groups in total. The lowest BCUT2D eigenvalue weighted by atomic mass is 9.90. The standard InChI is InChI=1S/C23H35N2O5S.2CH2/c1-29-20-10-11-22(21(16-20)30-2)31(27,28)25-14-12-18(13-15-25)17-24-23(26)19-8-6-4-3-5-7-9-19;;/h10-11,16,18H,3-9,12-15,17H2,1-2H3,(H,24,26);2*1H2. The van der Waals surface area contributed by atoms with Gasteiger partial charge in [-0.15, -0.1) is 0 Å². The fraction of sp³-hybridized carbons (Fsp3) is 0.600. The van der Waals surface area contributed by atoms with Gasteiger partial charge in [0.05, 0.1) is 20.1 Å². The van der Waals surface area contributed by atoms with Crippen molar-refractivity contribution in [3.8, 4) is 11.5 Å². The molecule has 2 fully saturated rings. The summed E-state index contributed by atoms with van der Waals surface area (Å²) in [6.07, 6.45) is 9.19. The van der Waals surface area contributed by atoms with E-state index >= 15 is 0 Å². The second-order valence-electron chi connectivity index (χ2n) is 8.45. The summed E-state index contributed by atoms with van der Waals surface area (Å²) in [7, 11) is -0.663. The van der Waals surface area contributed by atoms with Gasteiger partial charge in [-0.1, -0.05) is 47.0 Å². The molecule has 1 amide bonds. The molecule has 0 aromatic heterocycles. The number of methoxy groups -OCH3 is 2. The molecule has 1 saturated carbocycles. The van der Waals surface area contributed by atoms with Crippen molar-refractivity contribution in [1.82, 2.24) is 9.62 Å². The average molecular weight is 480 g/mol. The molecule has 0 spiro atoms. The Hall–Kier alpha value is -1.80. The Balaban J connectivity index is 0.00000272. The third kappa shape index (κ3) is 7.60. The SMILES string of the molecule is COc1ccc(S(=O)(=O)N2CCC(CNC(=O)[C]3CCCCCCC3)CC2)c(OC)c1.[CH2].[CH2]. The van der Waals surface area contributed by atoms with Crippen molar-refractivity contribution in [3.05, 3.63) is 39.0 Å². The number of benzene rings is 1. The smallest absolute Gasteiger partial charge is 0.246 e. The van der Waals surface area contributed by atoms with Crippen LogP contribution in [0.15, 0.2) is 23.1 Å². The molecule has 1 aliphatic heterocycles. The van der Waals surface area contributed by atoms with Gasteiger partial charge in [-0.2, -0.15) is 4.31 Å². The fourth-order valence-electron chi connectivity index (χ4n) is 4.40. The average Bonchev–Trinajstić information content (AvgIpc) is 2.77. The maximum Gasteiger partial charge on any atom is 0.246 e. The second kappa shape index (κ2) is 13.8. The van der Waals surface area contributed by atoms with Gasteiger partial charge in [0.15, 0.2) is 0 Å². The molecular formula is C25H39N2O5S. The first-order valence-electron chi connectivity index (χ1n) is 11.3. The molecule has 1 heterocycles. The Labute approximate surface area is 201 Å². The van der Waals surface area contributed by atoms with Crippen LogP contribution in [0.25, 0.3) is 0 Å². The van der Waals surface area contributed by atoms with Crippen LogP contribution < -0.4 is 14.8 Å². The van der Waals surface area contributed by atoms with Crippen molar-refractivity contribution in [1.29, 1.82) is 0 Å². The van der Waals surface area contributed by atoms with Gasteiger partial charge >= 0.3 is 0 Å². The maximum atomic E-state index is 13.1. The van der Waals surface area contributed by atoms with Crippen LogP contribution in [-0.2, 0) is 14.8 Å². The molecule has 0 bridgehead atoms. The highest BCUT2D eigenvalue weighted by Crippen LogP contribution is 2.32. The zero-order valence-corrected chi connectivity index (χ0v) is 20.9. The Morgan fingerprint density at radius 3 is 2.18 bits per heavy atom. The molecule has 0 atom stereocenters. The molecular weight excluding hydrogens is 440 g/mol. The number of sulfonamides is 1. The highest BCUT2D eigenvalue weighted by Gasteiger charge is 2.32. The highest BCUT2D eigenvalue weighted by molar-refractivity contribution is 7.89. The van der Waals surface area contributed by atoms with Crippen molar-refractivity contribution in [2.45, 2.75) is 62.7 Å². The van der Waals surface area contributed by atoms with E-state index < -0.39 is 10.0 Å². The van der Waals surface area contributed by atoms with Crippen molar-refractivity contribution < 1.29 is 22.7 Å². The third-order valence-electron chi connectivity index (χ3n) is 6.39. The summed E-state index contributed by atoms with van der Waals surface area (Å²) >= 11 is 0. The summed E-state index contributed by atoms with van der Waals surface area (Å²) in [5, 5.41) is 3.11. The minimum atomic E-state index is -3.65. The number of amides is 1. The quantitative estimate of drug-likeness (QED) is 0.634. The van der Waals surface area contributed by atoms with E-state index in [4.69, 9.17) is 9.47 Å². The Kier molecular flexibility index (Phi) is 12.2.